The van der Waals surface area contributed by atoms with Crippen LogP contribution in [-0.4, -0.2) is 49.1 Å². The van der Waals surface area contributed by atoms with Gasteiger partial charge in [0.15, 0.2) is 18.7 Å². The van der Waals surface area contributed by atoms with Gasteiger partial charge in [0, 0.05) is 18.9 Å². The highest BCUT2D eigenvalue weighted by Crippen LogP contribution is 2.36. The third-order valence-electron chi connectivity index (χ3n) is 7.29. The molecular weight excluding hydrogens is 510 g/mol. The fraction of sp³-hybridized carbons (Fsp3) is 0.562. The van der Waals surface area contributed by atoms with Gasteiger partial charge < -0.3 is 29.0 Å². The molecule has 0 aliphatic carbocycles. The van der Waals surface area contributed by atoms with Crippen molar-refractivity contribution in [3.63, 3.8) is 0 Å². The van der Waals surface area contributed by atoms with Gasteiger partial charge in [0.05, 0.1) is 13.2 Å². The quantitative estimate of drug-likeness (QED) is 0.241. The topological polar surface area (TPSA) is 92.3 Å². The molecule has 4 rings (SSSR count). The Bertz CT molecular complexity index is 1030. The van der Waals surface area contributed by atoms with E-state index < -0.39 is 36.9 Å². The molecule has 0 saturated carbocycles. The molecule has 1 amide bonds. The number of carbonyl (C=O) groups excluding carboxylic acids is 2. The minimum Gasteiger partial charge on any atom is -0.457 e. The van der Waals surface area contributed by atoms with Crippen molar-refractivity contribution in [2.45, 2.75) is 109 Å². The van der Waals surface area contributed by atoms with E-state index in [4.69, 9.17) is 23.7 Å². The first kappa shape index (κ1) is 30.2. The number of carbonyl (C=O) groups is 2. The maximum absolute atomic E-state index is 13.1. The molecule has 2 saturated heterocycles. The largest absolute Gasteiger partial charge is 0.457 e. The van der Waals surface area contributed by atoms with Gasteiger partial charge in [0.2, 0.25) is 5.91 Å². The van der Waals surface area contributed by atoms with E-state index in [1.807, 2.05) is 60.7 Å². The van der Waals surface area contributed by atoms with Gasteiger partial charge in [-0.2, -0.15) is 0 Å². The summed E-state index contributed by atoms with van der Waals surface area (Å²) in [5, 5.41) is 2.92. The fourth-order valence-corrected chi connectivity index (χ4v) is 5.21. The zero-order valence-corrected chi connectivity index (χ0v) is 23.7. The summed E-state index contributed by atoms with van der Waals surface area (Å²) in [6, 6.07) is 18.6. The Morgan fingerprint density at radius 3 is 2.27 bits per heavy atom. The number of benzene rings is 2. The van der Waals surface area contributed by atoms with Gasteiger partial charge in [-0.3, -0.25) is 9.59 Å². The first-order valence-electron chi connectivity index (χ1n) is 14.6. The maximum atomic E-state index is 13.1. The van der Waals surface area contributed by atoms with Crippen molar-refractivity contribution >= 4 is 11.9 Å². The zero-order chi connectivity index (χ0) is 28.2. The molecule has 0 bridgehead atoms. The number of hydrogen-bond acceptors (Lipinski definition) is 7. The van der Waals surface area contributed by atoms with Crippen LogP contribution in [0.2, 0.25) is 0 Å². The number of amides is 1. The molecule has 0 spiro atoms. The molecule has 40 heavy (non-hydrogen) atoms. The molecule has 2 heterocycles. The van der Waals surface area contributed by atoms with Crippen LogP contribution in [0.1, 0.15) is 82.6 Å². The van der Waals surface area contributed by atoms with Crippen LogP contribution in [0.15, 0.2) is 60.7 Å². The van der Waals surface area contributed by atoms with E-state index in [-0.39, 0.29) is 25.1 Å². The van der Waals surface area contributed by atoms with Gasteiger partial charge in [-0.25, -0.2) is 0 Å². The third kappa shape index (κ3) is 8.86. The average Bonchev–Trinajstić information content (AvgIpc) is 2.97. The Kier molecular flexibility index (Phi) is 12.0. The summed E-state index contributed by atoms with van der Waals surface area (Å²) < 4.78 is 30.9. The highest BCUT2D eigenvalue weighted by molar-refractivity contribution is 5.73. The molecule has 6 atom stereocenters. The average molecular weight is 554 g/mol. The second-order valence-corrected chi connectivity index (χ2v) is 10.6. The van der Waals surface area contributed by atoms with E-state index in [9.17, 15) is 9.59 Å². The molecule has 0 unspecified atom stereocenters. The van der Waals surface area contributed by atoms with Gasteiger partial charge in [-0.05, 0) is 12.0 Å². The summed E-state index contributed by atoms with van der Waals surface area (Å²) >= 11 is 0. The zero-order valence-electron chi connectivity index (χ0n) is 23.7. The minimum absolute atomic E-state index is 0.230. The van der Waals surface area contributed by atoms with Crippen LogP contribution in [0, 0.1) is 0 Å². The number of ether oxygens (including phenoxy) is 5. The normalized spacial score (nSPS) is 26.1. The molecule has 218 valence electrons. The molecular formula is C32H43NO7. The smallest absolute Gasteiger partial charge is 0.306 e. The number of fused-ring (bicyclic) bond motifs is 1. The lowest BCUT2D eigenvalue weighted by Crippen LogP contribution is -2.67. The van der Waals surface area contributed by atoms with Crippen LogP contribution in [0.3, 0.4) is 0 Å². The van der Waals surface area contributed by atoms with E-state index in [0.29, 0.717) is 6.42 Å². The third-order valence-corrected chi connectivity index (χ3v) is 7.29. The van der Waals surface area contributed by atoms with Crippen LogP contribution in [-0.2, 0) is 39.9 Å². The van der Waals surface area contributed by atoms with E-state index in [1.54, 1.807) is 0 Å². The number of hydrogen-bond donors (Lipinski definition) is 1. The van der Waals surface area contributed by atoms with E-state index in [0.717, 1.165) is 30.4 Å². The Morgan fingerprint density at radius 1 is 0.900 bits per heavy atom. The van der Waals surface area contributed by atoms with Gasteiger partial charge in [-0.1, -0.05) is 106 Å². The molecule has 2 aromatic carbocycles. The monoisotopic (exact) mass is 553 g/mol. The van der Waals surface area contributed by atoms with Crippen LogP contribution in [0.25, 0.3) is 0 Å². The Morgan fingerprint density at radius 2 is 1.57 bits per heavy atom. The number of unbranched alkanes of at least 4 members (excludes halogenated alkanes) is 6. The molecule has 2 fully saturated rings. The molecule has 8 nitrogen and oxygen atoms in total. The summed E-state index contributed by atoms with van der Waals surface area (Å²) in [4.78, 5) is 25.4. The Balaban J connectivity index is 1.47. The maximum Gasteiger partial charge on any atom is 0.306 e. The Hall–Kier alpha value is -2.78. The SMILES string of the molecule is CCCCCCCCCC(=O)O[C@@H]1[C@H](NC(C)=O)[C@H](OCc2ccccc2)O[C@H]2CO[C@@H](c3ccccc3)O[C@@H]12. The molecule has 2 aliphatic rings. The number of rotatable bonds is 14. The lowest BCUT2D eigenvalue weighted by Gasteiger charge is -2.48. The minimum atomic E-state index is -0.859. The van der Waals surface area contributed by atoms with Crippen molar-refractivity contribution < 1.29 is 33.3 Å². The van der Waals surface area contributed by atoms with Gasteiger partial charge in [-0.15, -0.1) is 0 Å². The lowest BCUT2D eigenvalue weighted by atomic mass is 9.95. The van der Waals surface area contributed by atoms with Crippen LogP contribution < -0.4 is 5.32 Å². The predicted molar refractivity (Wildman–Crippen MR) is 150 cm³/mol. The fourth-order valence-electron chi connectivity index (χ4n) is 5.21. The van der Waals surface area contributed by atoms with Gasteiger partial charge >= 0.3 is 5.97 Å². The van der Waals surface area contributed by atoms with Crippen molar-refractivity contribution in [3.8, 4) is 0 Å². The summed E-state index contributed by atoms with van der Waals surface area (Å²) in [5.41, 5.74) is 1.81. The standard InChI is InChI=1S/C32H43NO7/c1-3-4-5-6-7-8-15-20-27(35)39-30-28(33-23(2)34)32(36-21-24-16-11-9-12-17-24)38-26-22-37-31(40-29(26)30)25-18-13-10-14-19-25/h9-14,16-19,26,28-32H,3-8,15,20-22H2,1-2H3,(H,33,34)/t26-,28-,29+,30+,31+,32+/m0/s1. The number of nitrogens with one attached hydrogen (secondary N) is 1. The highest BCUT2D eigenvalue weighted by atomic mass is 16.8. The molecule has 2 aromatic rings. The molecule has 8 heteroatoms. The molecule has 0 radical (unpaired) electrons. The summed E-state index contributed by atoms with van der Waals surface area (Å²) in [6.45, 7) is 4.13. The first-order chi connectivity index (χ1) is 19.5. The lowest BCUT2D eigenvalue weighted by molar-refractivity contribution is -0.346. The van der Waals surface area contributed by atoms with Crippen molar-refractivity contribution in [2.24, 2.45) is 0 Å². The molecule has 2 aliphatic heterocycles. The summed E-state index contributed by atoms with van der Waals surface area (Å²) in [6.07, 6.45) is 4.55. The second-order valence-electron chi connectivity index (χ2n) is 10.6. The van der Waals surface area contributed by atoms with E-state index >= 15 is 0 Å². The number of esters is 1. The van der Waals surface area contributed by atoms with Crippen LogP contribution in [0.4, 0.5) is 0 Å². The summed E-state index contributed by atoms with van der Waals surface area (Å²) in [5.74, 6) is -0.595. The van der Waals surface area contributed by atoms with Crippen molar-refractivity contribution in [1.29, 1.82) is 0 Å². The van der Waals surface area contributed by atoms with E-state index in [1.165, 1.54) is 32.6 Å². The predicted octanol–water partition coefficient (Wildman–Crippen LogP) is 5.60. The van der Waals surface area contributed by atoms with E-state index in [2.05, 4.69) is 12.2 Å². The van der Waals surface area contributed by atoms with Crippen molar-refractivity contribution in [1.82, 2.24) is 5.32 Å². The van der Waals surface area contributed by atoms with Gasteiger partial charge in [0.25, 0.3) is 0 Å². The molecule has 1 N–H and O–H groups in total. The van der Waals surface area contributed by atoms with Crippen molar-refractivity contribution in [2.75, 3.05) is 6.61 Å². The van der Waals surface area contributed by atoms with Crippen molar-refractivity contribution in [3.05, 3.63) is 71.8 Å². The highest BCUT2D eigenvalue weighted by Gasteiger charge is 2.52. The van der Waals surface area contributed by atoms with Gasteiger partial charge in [0.1, 0.15) is 18.2 Å². The second kappa shape index (κ2) is 15.9. The first-order valence-corrected chi connectivity index (χ1v) is 14.6. The van der Waals surface area contributed by atoms with Crippen LogP contribution >= 0.6 is 0 Å². The van der Waals surface area contributed by atoms with Crippen LogP contribution in [0.5, 0.6) is 0 Å². The summed E-state index contributed by atoms with van der Waals surface area (Å²) in [7, 11) is 0. The molecule has 0 aromatic heterocycles. The Labute approximate surface area is 237 Å².